The van der Waals surface area contributed by atoms with Crippen molar-refractivity contribution in [2.45, 2.75) is 115 Å². The summed E-state index contributed by atoms with van der Waals surface area (Å²) in [6.07, 6.45) is 21.6. The van der Waals surface area contributed by atoms with Crippen molar-refractivity contribution in [3.8, 4) is 11.1 Å². The molecule has 4 atom stereocenters. The third-order valence-corrected chi connectivity index (χ3v) is 14.2. The van der Waals surface area contributed by atoms with E-state index in [-0.39, 0.29) is 17.4 Å². The summed E-state index contributed by atoms with van der Waals surface area (Å²) >= 11 is 0. The van der Waals surface area contributed by atoms with E-state index in [0.717, 1.165) is 137 Å². The number of hydrogen-bond acceptors (Lipinski definition) is 8. The van der Waals surface area contributed by atoms with Crippen LogP contribution in [-0.4, -0.2) is 64.7 Å². The van der Waals surface area contributed by atoms with Crippen molar-refractivity contribution in [2.75, 3.05) is 0 Å². The van der Waals surface area contributed by atoms with Crippen LogP contribution in [0.2, 0.25) is 0 Å². The van der Waals surface area contributed by atoms with E-state index < -0.39 is 17.9 Å². The van der Waals surface area contributed by atoms with E-state index in [1.165, 1.54) is 31.2 Å². The molecule has 4 aliphatic rings. The van der Waals surface area contributed by atoms with Gasteiger partial charge in [0, 0.05) is 28.9 Å². The summed E-state index contributed by atoms with van der Waals surface area (Å²) in [5.41, 5.74) is 5.97. The maximum atomic E-state index is 10.9. The molecular weight excluding hydrogens is 849 g/mol. The van der Waals surface area contributed by atoms with Crippen molar-refractivity contribution in [2.24, 2.45) is 35.5 Å². The molecule has 4 aromatic rings. The molecule has 4 unspecified atom stereocenters. The van der Waals surface area contributed by atoms with Crippen molar-refractivity contribution in [1.82, 2.24) is 0 Å². The van der Waals surface area contributed by atoms with Crippen molar-refractivity contribution in [1.29, 1.82) is 0 Å². The predicted molar refractivity (Wildman–Crippen MR) is 256 cm³/mol. The lowest BCUT2D eigenvalue weighted by molar-refractivity contribution is -0.142. The van der Waals surface area contributed by atoms with Crippen LogP contribution >= 0.6 is 0 Å². The van der Waals surface area contributed by atoms with Gasteiger partial charge in [-0.25, -0.2) is 9.59 Å². The molecule has 0 amide bonds. The first-order valence-electron chi connectivity index (χ1n) is 23.8. The van der Waals surface area contributed by atoms with E-state index in [9.17, 15) is 38.4 Å². The molecule has 11 nitrogen and oxygen atoms in total. The van der Waals surface area contributed by atoms with Gasteiger partial charge < -0.3 is 29.7 Å². The number of hydrogen-bond donors (Lipinski definition) is 3. The van der Waals surface area contributed by atoms with Crippen molar-refractivity contribution in [3.05, 3.63) is 130 Å². The number of aldehydes is 5. The fourth-order valence-electron chi connectivity index (χ4n) is 10.3. The van der Waals surface area contributed by atoms with Gasteiger partial charge in [0.1, 0.15) is 31.4 Å². The molecule has 354 valence electrons. The molecule has 0 heterocycles. The van der Waals surface area contributed by atoms with Crippen molar-refractivity contribution < 1.29 is 53.7 Å². The number of rotatable bonds is 12. The molecule has 8 rings (SSSR count). The topological polar surface area (TPSA) is 197 Å². The fourth-order valence-corrected chi connectivity index (χ4v) is 10.3. The zero-order chi connectivity index (χ0) is 48.1. The van der Waals surface area contributed by atoms with Crippen molar-refractivity contribution in [3.63, 3.8) is 0 Å². The van der Waals surface area contributed by atoms with Gasteiger partial charge in [0.15, 0.2) is 0 Å². The highest BCUT2D eigenvalue weighted by molar-refractivity contribution is 5.89. The lowest BCUT2D eigenvalue weighted by Crippen LogP contribution is -2.27. The summed E-state index contributed by atoms with van der Waals surface area (Å²) in [4.78, 5) is 86.0. The first kappa shape index (κ1) is 51.6. The SMILES string of the molecule is O=CC1CCC(C2CCCC(C=O)C2)CC1.O=CC1CCCC(c2ccc(C(=O)O)cc2)C1.O=Cc1cccc(-c2ccc(C(=O)O)cc2)c1.O=Cc1cccc(C2CCC(C(=O)O)CC2)c1. The van der Waals surface area contributed by atoms with Gasteiger partial charge in [-0.2, -0.15) is 0 Å². The van der Waals surface area contributed by atoms with Gasteiger partial charge in [-0.15, -0.1) is 0 Å². The average Bonchev–Trinajstić information content (AvgIpc) is 3.39. The molecule has 4 saturated carbocycles. The number of carboxylic acid groups (broad SMARTS) is 3. The number of benzene rings is 4. The van der Waals surface area contributed by atoms with Crippen LogP contribution < -0.4 is 0 Å². The summed E-state index contributed by atoms with van der Waals surface area (Å²) in [6.45, 7) is 0. The smallest absolute Gasteiger partial charge is 0.335 e. The Bertz CT molecular complexity index is 2250. The van der Waals surface area contributed by atoms with Crippen LogP contribution in [0.1, 0.15) is 167 Å². The van der Waals surface area contributed by atoms with E-state index in [1.54, 1.807) is 60.7 Å². The Balaban J connectivity index is 0.000000167. The standard InChI is InChI=1S/2C14H16O3.C14H10O3.C14H22O2/c3*15-9-10-2-1-3-13(8-10)11-4-6-12(7-5-11)14(16)17;15-9-11-4-6-13(7-5-11)14-3-1-2-12(8-14)10-16/h4-7,9-10,13H,1-3,8H2,(H,16,17);1-3,8-9,11-12H,4-7H2,(H,16,17);1-9H,(H,16,17);9-14H,1-8H2. The van der Waals surface area contributed by atoms with Crippen LogP contribution in [0.4, 0.5) is 0 Å². The van der Waals surface area contributed by atoms with Crippen LogP contribution in [0.5, 0.6) is 0 Å². The minimum absolute atomic E-state index is 0.174. The molecule has 3 N–H and O–H groups in total. The molecule has 4 aliphatic carbocycles. The Morgan fingerprint density at radius 3 is 1.52 bits per heavy atom. The van der Waals surface area contributed by atoms with E-state index in [0.29, 0.717) is 40.4 Å². The largest absolute Gasteiger partial charge is 0.481 e. The Morgan fingerprint density at radius 2 is 0.970 bits per heavy atom. The third-order valence-electron chi connectivity index (χ3n) is 14.2. The van der Waals surface area contributed by atoms with Gasteiger partial charge in [0.05, 0.1) is 17.0 Å². The summed E-state index contributed by atoms with van der Waals surface area (Å²) in [5.74, 6) is 0.481. The Labute approximate surface area is 393 Å². The molecule has 67 heavy (non-hydrogen) atoms. The van der Waals surface area contributed by atoms with Gasteiger partial charge >= 0.3 is 17.9 Å². The highest BCUT2D eigenvalue weighted by atomic mass is 16.4. The van der Waals surface area contributed by atoms with Crippen LogP contribution in [0, 0.1) is 35.5 Å². The quantitative estimate of drug-likeness (QED) is 0.114. The molecule has 0 aliphatic heterocycles. The van der Waals surface area contributed by atoms with E-state index in [2.05, 4.69) is 0 Å². The molecule has 0 bridgehead atoms. The second-order valence-corrected chi connectivity index (χ2v) is 18.6. The molecule has 0 radical (unpaired) electrons. The minimum Gasteiger partial charge on any atom is -0.481 e. The average molecular weight is 913 g/mol. The highest BCUT2D eigenvalue weighted by Gasteiger charge is 2.31. The van der Waals surface area contributed by atoms with Crippen LogP contribution in [0.15, 0.2) is 97.1 Å². The van der Waals surface area contributed by atoms with Crippen LogP contribution in [0.25, 0.3) is 11.1 Å². The normalized spacial score (nSPS) is 24.4. The molecule has 0 saturated heterocycles. The van der Waals surface area contributed by atoms with Crippen LogP contribution in [-0.2, 0) is 19.2 Å². The summed E-state index contributed by atoms with van der Waals surface area (Å²) in [6, 6.07) is 28.4. The number of carbonyl (C=O) groups excluding carboxylic acids is 5. The maximum absolute atomic E-state index is 10.9. The molecule has 4 aromatic carbocycles. The van der Waals surface area contributed by atoms with E-state index in [1.807, 2.05) is 36.4 Å². The molecule has 11 heteroatoms. The maximum Gasteiger partial charge on any atom is 0.335 e. The first-order chi connectivity index (χ1) is 32.4. The van der Waals surface area contributed by atoms with E-state index in [4.69, 9.17) is 15.3 Å². The lowest BCUT2D eigenvalue weighted by Gasteiger charge is -2.36. The monoisotopic (exact) mass is 912 g/mol. The zero-order valence-corrected chi connectivity index (χ0v) is 38.2. The Morgan fingerprint density at radius 1 is 0.433 bits per heavy atom. The van der Waals surface area contributed by atoms with Gasteiger partial charge in [0.25, 0.3) is 0 Å². The number of carbonyl (C=O) groups is 8. The van der Waals surface area contributed by atoms with Crippen molar-refractivity contribution >= 4 is 49.3 Å². The van der Waals surface area contributed by atoms with Gasteiger partial charge in [-0.05, 0) is 166 Å². The minimum atomic E-state index is -0.946. The Kier molecular flexibility index (Phi) is 20.6. The second-order valence-electron chi connectivity index (χ2n) is 18.6. The summed E-state index contributed by atoms with van der Waals surface area (Å²) < 4.78 is 0. The third kappa shape index (κ3) is 15.9. The second kappa shape index (κ2) is 26.7. The Hall–Kier alpha value is -6.36. The molecule has 0 spiro atoms. The number of aliphatic carboxylic acids is 1. The number of carboxylic acids is 3. The molecule has 4 fully saturated rings. The molecule has 0 aromatic heterocycles. The molecular formula is C56H64O11. The first-order valence-corrected chi connectivity index (χ1v) is 23.8. The fraction of sp³-hybridized carbons (Fsp3) is 0.429. The van der Waals surface area contributed by atoms with Gasteiger partial charge in [-0.3, -0.25) is 14.4 Å². The predicted octanol–water partition coefficient (Wildman–Crippen LogP) is 11.6. The zero-order valence-electron chi connectivity index (χ0n) is 38.2. The summed E-state index contributed by atoms with van der Waals surface area (Å²) in [7, 11) is 0. The van der Waals surface area contributed by atoms with E-state index >= 15 is 0 Å². The highest BCUT2D eigenvalue weighted by Crippen LogP contribution is 2.41. The van der Waals surface area contributed by atoms with Gasteiger partial charge in [0.2, 0.25) is 0 Å². The van der Waals surface area contributed by atoms with Gasteiger partial charge in [-0.1, -0.05) is 79.9 Å². The van der Waals surface area contributed by atoms with Crippen LogP contribution in [0.3, 0.4) is 0 Å². The summed E-state index contributed by atoms with van der Waals surface area (Å²) in [5, 5.41) is 26.5. The number of aromatic carboxylic acids is 2. The lowest BCUT2D eigenvalue weighted by atomic mass is 9.69.